The molecule has 2 atom stereocenters. The molecule has 0 spiro atoms. The van der Waals surface area contributed by atoms with Crippen molar-refractivity contribution in [2.75, 3.05) is 51.8 Å². The molecule has 2 fully saturated rings. The molecule has 5 rings (SSSR count). The number of aromatic nitrogens is 2. The van der Waals surface area contributed by atoms with Crippen molar-refractivity contribution in [3.63, 3.8) is 0 Å². The van der Waals surface area contributed by atoms with E-state index in [1.807, 2.05) is 23.1 Å². The molecular formula is C29H34ClF5N6O4S. The quantitative estimate of drug-likeness (QED) is 0.347. The van der Waals surface area contributed by atoms with Gasteiger partial charge in [-0.15, -0.1) is 0 Å². The van der Waals surface area contributed by atoms with Crippen LogP contribution in [-0.4, -0.2) is 91.4 Å². The highest BCUT2D eigenvalue weighted by Gasteiger charge is 2.50. The van der Waals surface area contributed by atoms with Crippen LogP contribution < -0.4 is 10.6 Å². The number of carbonyl (C=O) groups is 1. The Morgan fingerprint density at radius 3 is 2.50 bits per heavy atom. The van der Waals surface area contributed by atoms with E-state index in [9.17, 15) is 35.2 Å². The second-order valence-corrected chi connectivity index (χ2v) is 13.7. The number of alkyl halides is 3. The second-order valence-electron chi connectivity index (χ2n) is 11.4. The lowest BCUT2D eigenvalue weighted by molar-refractivity contribution is -0.0494. The lowest BCUT2D eigenvalue weighted by Gasteiger charge is -2.30. The molecule has 46 heavy (non-hydrogen) atoms. The van der Waals surface area contributed by atoms with Crippen LogP contribution in [0.4, 0.5) is 32.6 Å². The normalized spacial score (nSPS) is 21.8. The number of hydrogen-bond acceptors (Lipinski definition) is 6. The lowest BCUT2D eigenvalue weighted by Crippen LogP contribution is -2.44. The summed E-state index contributed by atoms with van der Waals surface area (Å²) < 4.78 is 98.0. The number of piperidine rings is 1. The van der Waals surface area contributed by atoms with E-state index in [2.05, 4.69) is 15.7 Å². The van der Waals surface area contributed by atoms with E-state index in [-0.39, 0.29) is 42.7 Å². The average molecular weight is 693 g/mol. The Morgan fingerprint density at radius 2 is 1.87 bits per heavy atom. The summed E-state index contributed by atoms with van der Waals surface area (Å²) in [7, 11) is -3.89. The van der Waals surface area contributed by atoms with Gasteiger partial charge in [-0.1, -0.05) is 29.8 Å². The molecule has 17 heteroatoms. The Kier molecular flexibility index (Phi) is 10.4. The van der Waals surface area contributed by atoms with E-state index < -0.39 is 45.2 Å². The third-order valence-corrected chi connectivity index (χ3v) is 10.5. The van der Waals surface area contributed by atoms with Crippen molar-refractivity contribution in [3.05, 3.63) is 64.3 Å². The number of nitrogens with zero attached hydrogens (tertiary/aromatic N) is 4. The predicted molar refractivity (Wildman–Crippen MR) is 162 cm³/mol. The van der Waals surface area contributed by atoms with E-state index in [4.69, 9.17) is 16.3 Å². The van der Waals surface area contributed by atoms with Crippen molar-refractivity contribution >= 4 is 39.2 Å². The first-order valence-corrected chi connectivity index (χ1v) is 16.6. The number of nitrogens with one attached hydrogen (secondary N) is 2. The molecule has 3 heterocycles. The van der Waals surface area contributed by atoms with Gasteiger partial charge in [0.2, 0.25) is 0 Å². The molecule has 0 radical (unpaired) electrons. The third kappa shape index (κ3) is 7.25. The highest BCUT2D eigenvalue weighted by atomic mass is 35.5. The van der Waals surface area contributed by atoms with E-state index in [1.165, 1.54) is 10.7 Å². The van der Waals surface area contributed by atoms with Crippen molar-refractivity contribution in [1.82, 2.24) is 24.3 Å². The molecular weight excluding hydrogens is 659 g/mol. The van der Waals surface area contributed by atoms with Crippen LogP contribution in [-0.2, 0) is 14.8 Å². The number of sulfonamides is 1. The van der Waals surface area contributed by atoms with E-state index in [0.717, 1.165) is 18.6 Å². The van der Waals surface area contributed by atoms with Crippen LogP contribution in [0.25, 0.3) is 5.70 Å². The molecule has 3 aliphatic rings. The van der Waals surface area contributed by atoms with Gasteiger partial charge in [0.05, 0.1) is 24.0 Å². The van der Waals surface area contributed by atoms with E-state index in [0.29, 0.717) is 53.9 Å². The summed E-state index contributed by atoms with van der Waals surface area (Å²) in [6.45, 7) is 1.13. The van der Waals surface area contributed by atoms with Gasteiger partial charge in [0.15, 0.2) is 17.5 Å². The van der Waals surface area contributed by atoms with Gasteiger partial charge in [-0.25, -0.2) is 26.7 Å². The average Bonchev–Trinajstić information content (AvgIpc) is 3.57. The Labute approximate surface area is 268 Å². The first kappa shape index (κ1) is 34.3. The summed E-state index contributed by atoms with van der Waals surface area (Å²) in [5, 5.41) is 10.4. The third-order valence-electron chi connectivity index (χ3n) is 8.47. The maximum absolute atomic E-state index is 14.1. The molecule has 2 aromatic rings. The number of amides is 2. The molecule has 252 valence electrons. The maximum atomic E-state index is 14.1. The summed E-state index contributed by atoms with van der Waals surface area (Å²) in [4.78, 5) is 15.5. The molecule has 1 aromatic heterocycles. The fraction of sp³-hybridized carbons (Fsp3) is 0.517. The Morgan fingerprint density at radius 1 is 1.13 bits per heavy atom. The molecule has 0 saturated carbocycles. The monoisotopic (exact) mass is 692 g/mol. The molecule has 2 N–H and O–H groups in total. The zero-order valence-electron chi connectivity index (χ0n) is 24.9. The SMILES string of the molecule is COCCN1C[C@@H](NC(=O)Nc2c(Cl)c(C3CCN(S(=O)(=O)C(F)(F)F)CC3)nn2C2=CCCC=C2)[C@H](c2ccc(F)c(F)c2)C1. The Hall–Kier alpha value is -3.05. The van der Waals surface area contributed by atoms with Crippen LogP contribution >= 0.6 is 11.6 Å². The highest BCUT2D eigenvalue weighted by molar-refractivity contribution is 7.90. The van der Waals surface area contributed by atoms with Gasteiger partial charge in [-0.05, 0) is 49.5 Å². The molecule has 10 nitrogen and oxygen atoms in total. The molecule has 0 bridgehead atoms. The minimum Gasteiger partial charge on any atom is -0.383 e. The standard InChI is InChI=1S/C29H34ClF5N6O4S/c1-45-14-13-39-16-21(19-7-8-22(31)23(32)15-19)24(17-39)36-28(42)37-27-25(30)26(38-41(27)20-5-3-2-4-6-20)18-9-11-40(12-10-18)46(43,44)29(33,34)35/h3,5-8,15,18,21,24H,2,4,9-14,16-17H2,1H3,(H2,36,37,42)/t21-,24+/m0/s1. The fourth-order valence-corrected chi connectivity index (χ4v) is 7.38. The van der Waals surface area contributed by atoms with Crippen LogP contribution in [0.1, 0.15) is 48.8 Å². The molecule has 2 saturated heterocycles. The fourth-order valence-electron chi connectivity index (χ4n) is 6.07. The van der Waals surface area contributed by atoms with Crippen LogP contribution in [0.3, 0.4) is 0 Å². The zero-order chi connectivity index (χ0) is 33.2. The molecule has 1 aliphatic carbocycles. The largest absolute Gasteiger partial charge is 0.511 e. The van der Waals surface area contributed by atoms with Crippen LogP contribution in [0, 0.1) is 11.6 Å². The smallest absolute Gasteiger partial charge is 0.383 e. The Balaban J connectivity index is 1.37. The minimum atomic E-state index is -5.46. The lowest BCUT2D eigenvalue weighted by atomic mass is 9.94. The van der Waals surface area contributed by atoms with Crippen LogP contribution in [0.5, 0.6) is 0 Å². The number of carbonyl (C=O) groups excluding carboxylic acids is 1. The summed E-state index contributed by atoms with van der Waals surface area (Å²) in [5.41, 5.74) is -3.93. The second kappa shape index (κ2) is 14.0. The van der Waals surface area contributed by atoms with Gasteiger partial charge in [0, 0.05) is 51.7 Å². The number of hydrogen-bond donors (Lipinski definition) is 2. The first-order valence-electron chi connectivity index (χ1n) is 14.8. The number of benzene rings is 1. The number of methoxy groups -OCH3 is 1. The number of anilines is 1. The van der Waals surface area contributed by atoms with Gasteiger partial charge < -0.3 is 10.1 Å². The van der Waals surface area contributed by atoms with Gasteiger partial charge in [-0.2, -0.15) is 22.6 Å². The van der Waals surface area contributed by atoms with Gasteiger partial charge in [-0.3, -0.25) is 10.2 Å². The summed E-state index contributed by atoms with van der Waals surface area (Å²) in [6.07, 6.45) is 7.22. The number of ether oxygens (including phenoxy) is 1. The number of urea groups is 1. The molecule has 0 unspecified atom stereocenters. The van der Waals surface area contributed by atoms with Gasteiger partial charge >= 0.3 is 21.6 Å². The number of rotatable bonds is 9. The predicted octanol–water partition coefficient (Wildman–Crippen LogP) is 5.27. The Bertz CT molecular complexity index is 1610. The number of halogens is 6. The first-order chi connectivity index (χ1) is 21.8. The summed E-state index contributed by atoms with van der Waals surface area (Å²) in [5.74, 6) is -2.66. The molecule has 2 aliphatic heterocycles. The van der Waals surface area contributed by atoms with Gasteiger partial charge in [0.1, 0.15) is 5.02 Å². The number of likely N-dealkylation sites (tertiary alicyclic amines) is 1. The maximum Gasteiger partial charge on any atom is 0.511 e. The minimum absolute atomic E-state index is 0.0435. The van der Waals surface area contributed by atoms with Crippen molar-refractivity contribution in [2.45, 2.75) is 49.1 Å². The van der Waals surface area contributed by atoms with Crippen molar-refractivity contribution in [2.24, 2.45) is 0 Å². The van der Waals surface area contributed by atoms with E-state index in [1.54, 1.807) is 7.11 Å². The van der Waals surface area contributed by atoms with Crippen molar-refractivity contribution in [1.29, 1.82) is 0 Å². The topological polar surface area (TPSA) is 109 Å². The molecule has 2 amide bonds. The molecule has 1 aromatic carbocycles. The highest BCUT2D eigenvalue weighted by Crippen LogP contribution is 2.40. The number of allylic oxidation sites excluding steroid dienone is 4. The summed E-state index contributed by atoms with van der Waals surface area (Å²) in [6, 6.07) is 2.53. The van der Waals surface area contributed by atoms with Crippen LogP contribution in [0.2, 0.25) is 5.02 Å². The van der Waals surface area contributed by atoms with Crippen LogP contribution in [0.15, 0.2) is 36.4 Å². The van der Waals surface area contributed by atoms with Gasteiger partial charge in [0.25, 0.3) is 0 Å². The zero-order valence-corrected chi connectivity index (χ0v) is 26.4. The summed E-state index contributed by atoms with van der Waals surface area (Å²) >= 11 is 6.79. The van der Waals surface area contributed by atoms with Crippen molar-refractivity contribution in [3.8, 4) is 0 Å². The van der Waals surface area contributed by atoms with E-state index >= 15 is 0 Å². The van der Waals surface area contributed by atoms with Crippen molar-refractivity contribution < 1.29 is 39.9 Å².